The van der Waals surface area contributed by atoms with Crippen LogP contribution in [0.25, 0.3) is 59.0 Å². The minimum Gasteiger partial charge on any atom is -0.495 e. The van der Waals surface area contributed by atoms with Crippen LogP contribution in [0.15, 0.2) is 34.3 Å². The molecule has 14 heteroatoms. The van der Waals surface area contributed by atoms with Crippen LogP contribution in [0, 0.1) is 35.8 Å². The summed E-state index contributed by atoms with van der Waals surface area (Å²) in [5.74, 6) is 0.890. The van der Waals surface area contributed by atoms with Gasteiger partial charge in [-0.25, -0.2) is 10.5 Å². The number of amidine groups is 2. The van der Waals surface area contributed by atoms with E-state index in [-0.39, 0.29) is 11.7 Å². The molecule has 0 saturated carbocycles. The Kier molecular flexibility index (Phi) is 6.80. The van der Waals surface area contributed by atoms with Crippen molar-refractivity contribution >= 4 is 108 Å². The Morgan fingerprint density at radius 2 is 1.32 bits per heavy atom. The maximum absolute atomic E-state index is 9.09. The molecule has 6 rings (SSSR count). The second-order valence-electron chi connectivity index (χ2n) is 8.25. The lowest BCUT2D eigenvalue weighted by atomic mass is 10.3. The third kappa shape index (κ3) is 4.36. The first-order valence-corrected chi connectivity index (χ1v) is 15.5. The molecule has 198 valence electrons. The van der Waals surface area contributed by atoms with Crippen molar-refractivity contribution in [2.75, 3.05) is 14.2 Å². The minimum atomic E-state index is -0.212. The standard InChI is InChI=1S/C27H13N7O2S5/c1-30-18(10-28)32-20-7-13(35-4)24(40-20)15-6-12-23(37-15)27-22(34(12)3)26-17(39-27)9-16(38-26)25-14(36-5)8-21(41-25)33-19(11-29)31-2/h6-9H,3-5H3. The topological polar surface area (TPSA) is 104 Å². The van der Waals surface area contributed by atoms with E-state index in [1.807, 2.05) is 0 Å². The van der Waals surface area contributed by atoms with Crippen LogP contribution in [0.1, 0.15) is 0 Å². The normalized spacial score (nSPS) is 12.0. The number of hydrogen-bond donors (Lipinski definition) is 0. The fourth-order valence-corrected chi connectivity index (χ4v) is 10.5. The third-order valence-electron chi connectivity index (χ3n) is 6.06. The molecule has 0 spiro atoms. The zero-order chi connectivity index (χ0) is 28.8. The monoisotopic (exact) mass is 627 g/mol. The molecule has 0 unspecified atom stereocenters. The molecule has 0 fully saturated rings. The van der Waals surface area contributed by atoms with Crippen molar-refractivity contribution in [3.63, 3.8) is 0 Å². The molecule has 9 nitrogen and oxygen atoms in total. The molecular formula is C27H13N7O2S5. The lowest BCUT2D eigenvalue weighted by Crippen LogP contribution is -1.84. The molecule has 0 aliphatic carbocycles. The Morgan fingerprint density at radius 1 is 0.780 bits per heavy atom. The highest BCUT2D eigenvalue weighted by atomic mass is 32.1. The highest BCUT2D eigenvalue weighted by Gasteiger charge is 2.24. The predicted octanol–water partition coefficient (Wildman–Crippen LogP) is 9.09. The number of rotatable bonds is 6. The van der Waals surface area contributed by atoms with Crippen molar-refractivity contribution in [2.24, 2.45) is 17.0 Å². The molecule has 6 heterocycles. The number of nitriles is 2. The van der Waals surface area contributed by atoms with Crippen LogP contribution in [-0.2, 0) is 7.05 Å². The second kappa shape index (κ2) is 10.5. The van der Waals surface area contributed by atoms with Crippen molar-refractivity contribution < 1.29 is 9.47 Å². The van der Waals surface area contributed by atoms with Gasteiger partial charge >= 0.3 is 11.7 Å². The molecule has 0 saturated heterocycles. The number of thiophene rings is 5. The van der Waals surface area contributed by atoms with E-state index in [4.69, 9.17) is 33.1 Å². The van der Waals surface area contributed by atoms with E-state index < -0.39 is 0 Å². The number of nitrogens with zero attached hydrogens (tertiary/aromatic N) is 7. The highest BCUT2D eigenvalue weighted by Crippen LogP contribution is 2.53. The van der Waals surface area contributed by atoms with Crippen molar-refractivity contribution in [3.8, 4) is 43.1 Å². The average Bonchev–Trinajstić information content (AvgIpc) is 3.81. The van der Waals surface area contributed by atoms with E-state index in [1.165, 1.54) is 42.3 Å². The van der Waals surface area contributed by atoms with Crippen LogP contribution >= 0.6 is 56.7 Å². The third-order valence-corrected chi connectivity index (χ3v) is 12.1. The summed E-state index contributed by atoms with van der Waals surface area (Å²) in [6, 6.07) is 11.4. The van der Waals surface area contributed by atoms with E-state index in [2.05, 4.69) is 43.4 Å². The number of aliphatic imine (C=N–C) groups is 2. The Balaban J connectivity index is 1.44. The quantitative estimate of drug-likeness (QED) is 0.104. The predicted molar refractivity (Wildman–Crippen MR) is 170 cm³/mol. The lowest BCUT2D eigenvalue weighted by Gasteiger charge is -1.99. The Bertz CT molecular complexity index is 2220. The number of aryl methyl sites for hydroxylation is 1. The summed E-state index contributed by atoms with van der Waals surface area (Å²) in [7, 11) is 5.26. The fraction of sp³-hybridized carbons (Fsp3) is 0.111. The van der Waals surface area contributed by atoms with Gasteiger partial charge < -0.3 is 23.7 Å². The van der Waals surface area contributed by atoms with E-state index in [9.17, 15) is 0 Å². The van der Waals surface area contributed by atoms with Gasteiger partial charge in [0, 0.05) is 23.9 Å². The molecule has 0 aliphatic rings. The number of methoxy groups -OCH3 is 2. The highest BCUT2D eigenvalue weighted by molar-refractivity contribution is 7.38. The Morgan fingerprint density at radius 3 is 1.83 bits per heavy atom. The van der Waals surface area contributed by atoms with E-state index in [1.54, 1.807) is 72.5 Å². The van der Waals surface area contributed by atoms with Gasteiger partial charge in [0.25, 0.3) is 0 Å². The van der Waals surface area contributed by atoms with E-state index >= 15 is 0 Å². The van der Waals surface area contributed by atoms with E-state index in [0.717, 1.165) is 29.7 Å². The largest absolute Gasteiger partial charge is 0.495 e. The van der Waals surface area contributed by atoms with Gasteiger partial charge in [0.2, 0.25) is 10.0 Å². The minimum absolute atomic E-state index is 0.211. The number of hydrogen-bond acceptors (Lipinski definition) is 11. The van der Waals surface area contributed by atoms with Crippen molar-refractivity contribution in [1.82, 2.24) is 4.57 Å². The molecule has 0 amide bonds. The summed E-state index contributed by atoms with van der Waals surface area (Å²) in [5, 5.41) is 19.3. The molecular weight excluding hydrogens is 615 g/mol. The number of fused-ring (bicyclic) bond motifs is 5. The molecule has 0 radical (unpaired) electrons. The SMILES string of the molecule is [C-]#[N+]C(C#N)=Nc1cc(OC)c(-c2cc3c(s2)c2sc4cc(-c5sc(N=C(C#N)[N+]#[C-])cc5OC)sc4c2n3C)s1. The van der Waals surface area contributed by atoms with Gasteiger partial charge in [-0.3, -0.25) is 0 Å². The van der Waals surface area contributed by atoms with Crippen LogP contribution < -0.4 is 9.47 Å². The van der Waals surface area contributed by atoms with Crippen molar-refractivity contribution in [2.45, 2.75) is 0 Å². The van der Waals surface area contributed by atoms with Gasteiger partial charge in [-0.1, -0.05) is 45.8 Å². The first-order chi connectivity index (χ1) is 19.9. The Labute approximate surface area is 253 Å². The molecule has 0 atom stereocenters. The van der Waals surface area contributed by atoms with Gasteiger partial charge in [0.1, 0.15) is 23.6 Å². The van der Waals surface area contributed by atoms with Crippen molar-refractivity contribution in [1.29, 1.82) is 10.5 Å². The summed E-state index contributed by atoms with van der Waals surface area (Å²) < 4.78 is 18.1. The fourth-order valence-electron chi connectivity index (χ4n) is 4.31. The zero-order valence-corrected chi connectivity index (χ0v) is 25.4. The zero-order valence-electron chi connectivity index (χ0n) is 21.3. The smallest absolute Gasteiger partial charge is 0.350 e. The summed E-state index contributed by atoms with van der Waals surface area (Å²) in [6.45, 7) is 14.2. The average molecular weight is 628 g/mol. The number of ether oxygens (including phenoxy) is 2. The van der Waals surface area contributed by atoms with Gasteiger partial charge in [0.15, 0.2) is 0 Å². The summed E-state index contributed by atoms with van der Waals surface area (Å²) in [6.07, 6.45) is 0. The van der Waals surface area contributed by atoms with Crippen LogP contribution in [0.3, 0.4) is 0 Å². The van der Waals surface area contributed by atoms with E-state index in [0.29, 0.717) is 21.5 Å². The van der Waals surface area contributed by atoms with Crippen LogP contribution in [0.4, 0.5) is 10.0 Å². The maximum Gasteiger partial charge on any atom is 0.350 e. The van der Waals surface area contributed by atoms with Crippen LogP contribution in [-0.4, -0.2) is 30.5 Å². The summed E-state index contributed by atoms with van der Waals surface area (Å²) >= 11 is 7.88. The molecule has 0 bridgehead atoms. The first kappa shape index (κ1) is 26.7. The Hall–Kier alpha value is -4.54. The summed E-state index contributed by atoms with van der Waals surface area (Å²) in [5.41, 5.74) is 2.28. The van der Waals surface area contributed by atoms with Gasteiger partial charge in [0.05, 0.1) is 58.9 Å². The molecule has 6 aromatic rings. The van der Waals surface area contributed by atoms with Gasteiger partial charge in [-0.2, -0.15) is 0 Å². The second-order valence-corrected chi connectivity index (χ2v) is 13.5. The number of aromatic nitrogens is 1. The van der Waals surface area contributed by atoms with Crippen molar-refractivity contribution in [3.05, 3.63) is 47.1 Å². The first-order valence-electron chi connectivity index (χ1n) is 11.5. The molecule has 0 N–H and O–H groups in total. The molecule has 0 aliphatic heterocycles. The molecule has 41 heavy (non-hydrogen) atoms. The van der Waals surface area contributed by atoms with Gasteiger partial charge in [-0.05, 0) is 12.1 Å². The van der Waals surface area contributed by atoms with Gasteiger partial charge in [-0.15, -0.1) is 34.0 Å². The summed E-state index contributed by atoms with van der Waals surface area (Å²) in [4.78, 5) is 18.5. The lowest BCUT2D eigenvalue weighted by molar-refractivity contribution is 0.418. The molecule has 6 aromatic heterocycles. The molecule has 0 aromatic carbocycles. The maximum atomic E-state index is 9.09. The van der Waals surface area contributed by atoms with Crippen LogP contribution in [0.5, 0.6) is 11.5 Å². The van der Waals surface area contributed by atoms with Crippen LogP contribution in [0.2, 0.25) is 0 Å².